The average Bonchev–Trinajstić information content (AvgIpc) is 2.69. The fraction of sp³-hybridized carbons (Fsp3) is 0.0476. The molecule has 0 aliphatic rings. The molecule has 0 atom stereocenters. The van der Waals surface area contributed by atoms with E-state index in [2.05, 4.69) is 20.6 Å². The molecule has 3 aromatic carbocycles. The first-order valence-corrected chi connectivity index (χ1v) is 8.87. The first kappa shape index (κ1) is 17.1. The van der Waals surface area contributed by atoms with Crippen molar-refractivity contribution in [1.82, 2.24) is 9.97 Å². The van der Waals surface area contributed by atoms with Crippen molar-refractivity contribution in [1.29, 1.82) is 0 Å². The van der Waals surface area contributed by atoms with Gasteiger partial charge in [-0.3, -0.25) is 0 Å². The molecule has 1 heterocycles. The van der Waals surface area contributed by atoms with Gasteiger partial charge in [0.1, 0.15) is 11.6 Å². The van der Waals surface area contributed by atoms with E-state index in [0.717, 1.165) is 16.5 Å². The maximum Gasteiger partial charge on any atom is 0.229 e. The fourth-order valence-electron chi connectivity index (χ4n) is 2.79. The zero-order chi connectivity index (χ0) is 18.6. The Morgan fingerprint density at radius 1 is 0.852 bits per heavy atom. The van der Waals surface area contributed by atoms with E-state index >= 15 is 0 Å². The Labute approximate surface area is 161 Å². The van der Waals surface area contributed by atoms with Crippen molar-refractivity contribution in [3.8, 4) is 5.75 Å². The zero-order valence-electron chi connectivity index (χ0n) is 14.4. The molecule has 0 unspecified atom stereocenters. The predicted molar refractivity (Wildman–Crippen MR) is 110 cm³/mol. The van der Waals surface area contributed by atoms with Crippen LogP contribution in [0, 0.1) is 0 Å². The summed E-state index contributed by atoms with van der Waals surface area (Å²) in [5.74, 6) is 1.23. The van der Waals surface area contributed by atoms with Crippen LogP contribution in [0.4, 0.5) is 17.5 Å². The summed E-state index contributed by atoms with van der Waals surface area (Å²) >= 11 is 6.25. The molecule has 3 N–H and O–H groups in total. The molecule has 0 radical (unpaired) electrons. The lowest BCUT2D eigenvalue weighted by molar-refractivity contribution is 0.477. The Hall–Kier alpha value is -3.31. The van der Waals surface area contributed by atoms with Crippen LogP contribution in [-0.4, -0.2) is 15.1 Å². The van der Waals surface area contributed by atoms with E-state index in [1.54, 1.807) is 18.2 Å². The number of anilines is 3. The molecule has 0 saturated carbocycles. The number of para-hydroxylation sites is 3. The van der Waals surface area contributed by atoms with Crippen LogP contribution in [0.15, 0.2) is 72.8 Å². The summed E-state index contributed by atoms with van der Waals surface area (Å²) in [5.41, 5.74) is 2.33. The van der Waals surface area contributed by atoms with Crippen LogP contribution < -0.4 is 10.6 Å². The number of fused-ring (bicyclic) bond motifs is 1. The summed E-state index contributed by atoms with van der Waals surface area (Å²) in [4.78, 5) is 9.14. The fourth-order valence-corrected chi connectivity index (χ4v) is 2.99. The Balaban J connectivity index is 1.68. The van der Waals surface area contributed by atoms with E-state index in [1.807, 2.05) is 54.6 Å². The quantitative estimate of drug-likeness (QED) is 0.410. The number of hydrogen-bond donors (Lipinski definition) is 3. The van der Waals surface area contributed by atoms with Gasteiger partial charge in [0, 0.05) is 17.0 Å². The summed E-state index contributed by atoms with van der Waals surface area (Å²) in [6.07, 6.45) is 0. The molecule has 134 valence electrons. The second-order valence-corrected chi connectivity index (χ2v) is 6.41. The number of aromatic hydroxyl groups is 1. The number of rotatable bonds is 5. The van der Waals surface area contributed by atoms with Crippen LogP contribution in [0.25, 0.3) is 10.9 Å². The minimum absolute atomic E-state index is 0.139. The summed E-state index contributed by atoms with van der Waals surface area (Å²) in [7, 11) is 0. The SMILES string of the molecule is Oc1ccccc1Nc1nc(NCc2ccccc2Cl)c2ccccc2n1. The Morgan fingerprint density at radius 2 is 1.59 bits per heavy atom. The van der Waals surface area contributed by atoms with Crippen molar-refractivity contribution < 1.29 is 5.11 Å². The van der Waals surface area contributed by atoms with Crippen molar-refractivity contribution in [2.75, 3.05) is 10.6 Å². The third-order valence-corrected chi connectivity index (χ3v) is 4.53. The second-order valence-electron chi connectivity index (χ2n) is 6.00. The highest BCUT2D eigenvalue weighted by atomic mass is 35.5. The summed E-state index contributed by atoms with van der Waals surface area (Å²) in [5, 5.41) is 18.0. The number of aromatic nitrogens is 2. The molecule has 0 spiro atoms. The van der Waals surface area contributed by atoms with E-state index in [1.165, 1.54) is 0 Å². The van der Waals surface area contributed by atoms with Crippen LogP contribution in [0.3, 0.4) is 0 Å². The lowest BCUT2D eigenvalue weighted by atomic mass is 10.2. The minimum atomic E-state index is 0.139. The normalized spacial score (nSPS) is 10.7. The van der Waals surface area contributed by atoms with Gasteiger partial charge in [-0.15, -0.1) is 0 Å². The number of phenolic OH excluding ortho intramolecular Hbond substituents is 1. The first-order chi connectivity index (χ1) is 13.2. The number of hydrogen-bond acceptors (Lipinski definition) is 5. The van der Waals surface area contributed by atoms with E-state index < -0.39 is 0 Å². The molecule has 0 amide bonds. The van der Waals surface area contributed by atoms with Crippen LogP contribution in [0.2, 0.25) is 5.02 Å². The maximum atomic E-state index is 9.99. The van der Waals surface area contributed by atoms with Crippen LogP contribution in [0.1, 0.15) is 5.56 Å². The summed E-state index contributed by atoms with van der Waals surface area (Å²) < 4.78 is 0. The summed E-state index contributed by atoms with van der Waals surface area (Å²) in [6, 6.07) is 22.4. The largest absolute Gasteiger partial charge is 0.506 e. The predicted octanol–water partition coefficient (Wildman–Crippen LogP) is 5.34. The smallest absolute Gasteiger partial charge is 0.229 e. The molecule has 1 aromatic heterocycles. The third-order valence-electron chi connectivity index (χ3n) is 4.16. The Morgan fingerprint density at radius 3 is 2.44 bits per heavy atom. The molecule has 4 aromatic rings. The molecule has 0 fully saturated rings. The molecule has 27 heavy (non-hydrogen) atoms. The van der Waals surface area contributed by atoms with E-state index in [9.17, 15) is 5.11 Å². The average molecular weight is 377 g/mol. The number of benzene rings is 3. The standard InChI is InChI=1S/C21H17ClN4O/c22-16-9-3-1-7-14(16)13-23-20-15-8-2-4-10-17(15)24-21(26-20)25-18-11-5-6-12-19(18)27/h1-12,27H,13H2,(H2,23,24,25,26). The van der Waals surface area contributed by atoms with Crippen molar-refractivity contribution in [2.24, 2.45) is 0 Å². The Bertz CT molecular complexity index is 1100. The van der Waals surface area contributed by atoms with E-state index in [4.69, 9.17) is 11.6 Å². The van der Waals surface area contributed by atoms with Gasteiger partial charge in [-0.2, -0.15) is 4.98 Å². The van der Waals surface area contributed by atoms with E-state index in [0.29, 0.717) is 29.0 Å². The zero-order valence-corrected chi connectivity index (χ0v) is 15.1. The van der Waals surface area contributed by atoms with Gasteiger partial charge in [0.05, 0.1) is 11.2 Å². The first-order valence-electron chi connectivity index (χ1n) is 8.50. The van der Waals surface area contributed by atoms with Crippen LogP contribution >= 0.6 is 11.6 Å². The van der Waals surface area contributed by atoms with Gasteiger partial charge in [0.15, 0.2) is 0 Å². The molecule has 0 aliphatic carbocycles. The maximum absolute atomic E-state index is 9.99. The molecule has 0 aliphatic heterocycles. The molecular weight excluding hydrogens is 360 g/mol. The highest BCUT2D eigenvalue weighted by molar-refractivity contribution is 6.31. The van der Waals surface area contributed by atoms with E-state index in [-0.39, 0.29) is 5.75 Å². The number of phenols is 1. The van der Waals surface area contributed by atoms with Crippen molar-refractivity contribution in [2.45, 2.75) is 6.54 Å². The second kappa shape index (κ2) is 7.51. The number of nitrogens with one attached hydrogen (secondary N) is 2. The van der Waals surface area contributed by atoms with Gasteiger partial charge in [-0.05, 0) is 35.9 Å². The topological polar surface area (TPSA) is 70.1 Å². The number of nitrogens with zero attached hydrogens (tertiary/aromatic N) is 2. The lowest BCUT2D eigenvalue weighted by Gasteiger charge is -2.13. The monoisotopic (exact) mass is 376 g/mol. The highest BCUT2D eigenvalue weighted by Crippen LogP contribution is 2.28. The van der Waals surface area contributed by atoms with Crippen molar-refractivity contribution in [3.63, 3.8) is 0 Å². The minimum Gasteiger partial charge on any atom is -0.506 e. The van der Waals surface area contributed by atoms with Gasteiger partial charge in [-0.25, -0.2) is 4.98 Å². The number of halogens is 1. The molecule has 4 rings (SSSR count). The van der Waals surface area contributed by atoms with Gasteiger partial charge < -0.3 is 15.7 Å². The molecule has 5 nitrogen and oxygen atoms in total. The van der Waals surface area contributed by atoms with Gasteiger partial charge >= 0.3 is 0 Å². The van der Waals surface area contributed by atoms with Crippen LogP contribution in [-0.2, 0) is 6.54 Å². The summed E-state index contributed by atoms with van der Waals surface area (Å²) in [6.45, 7) is 0.538. The van der Waals surface area contributed by atoms with Crippen LogP contribution in [0.5, 0.6) is 5.75 Å². The molecule has 0 saturated heterocycles. The third kappa shape index (κ3) is 3.78. The lowest BCUT2D eigenvalue weighted by Crippen LogP contribution is -2.06. The van der Waals surface area contributed by atoms with Crippen molar-refractivity contribution in [3.05, 3.63) is 83.4 Å². The van der Waals surface area contributed by atoms with Crippen molar-refractivity contribution >= 4 is 40.0 Å². The van der Waals surface area contributed by atoms with Gasteiger partial charge in [0.25, 0.3) is 0 Å². The molecule has 0 bridgehead atoms. The van der Waals surface area contributed by atoms with Gasteiger partial charge in [0.2, 0.25) is 5.95 Å². The Kier molecular flexibility index (Phi) is 4.77. The van der Waals surface area contributed by atoms with Gasteiger partial charge in [-0.1, -0.05) is 54.1 Å². The molecular formula is C21H17ClN4O. The highest BCUT2D eigenvalue weighted by Gasteiger charge is 2.10. The molecule has 6 heteroatoms.